The van der Waals surface area contributed by atoms with E-state index in [0.717, 1.165) is 78.2 Å². The van der Waals surface area contributed by atoms with Gasteiger partial charge in [-0.1, -0.05) is 180 Å². The van der Waals surface area contributed by atoms with Crippen molar-refractivity contribution < 1.29 is 33.2 Å². The minimum Gasteiger partial charge on any atom is -0.353 e. The fourth-order valence-electron chi connectivity index (χ4n) is 7.79. The first-order chi connectivity index (χ1) is 30.1. The van der Waals surface area contributed by atoms with Crippen LogP contribution in [0.4, 0.5) is 0 Å². The Morgan fingerprint density at radius 2 is 0.574 bits per heavy atom. The number of allylic oxidation sites excluding steroid dienone is 2. The standard InChI is InChI=1S/C54H106O7/c1-7-13-15-17-19-31-37-43-49-59-53(47-41-35-29-25-21-23-27-33-39-45-51(55-9-3)56-10-4)61-54(60-50-44-38-32-20-18-16-14-8-2)48-42-36-30-26-22-24-28-34-40-46-52(57-11-5)58-12-6/h41-42,47-48,51-54H,7-40,43-46,49-50H2,1-6H3. The van der Waals surface area contributed by atoms with Gasteiger partial charge in [-0.3, -0.25) is 0 Å². The molecule has 0 aromatic carbocycles. The van der Waals surface area contributed by atoms with Crippen LogP contribution in [0, 0.1) is 0 Å². The lowest BCUT2D eigenvalue weighted by Gasteiger charge is -2.22. The molecule has 2 atom stereocenters. The van der Waals surface area contributed by atoms with Crippen LogP contribution >= 0.6 is 0 Å². The summed E-state index contributed by atoms with van der Waals surface area (Å²) in [6.45, 7) is 17.1. The van der Waals surface area contributed by atoms with Gasteiger partial charge in [0.15, 0.2) is 25.2 Å². The normalized spacial score (nSPS) is 13.2. The van der Waals surface area contributed by atoms with Gasteiger partial charge in [0, 0.05) is 26.4 Å². The Morgan fingerprint density at radius 1 is 0.295 bits per heavy atom. The van der Waals surface area contributed by atoms with E-state index in [0.29, 0.717) is 0 Å². The molecule has 0 aliphatic rings. The maximum atomic E-state index is 6.60. The van der Waals surface area contributed by atoms with E-state index in [1.165, 1.54) is 180 Å². The van der Waals surface area contributed by atoms with E-state index in [1.54, 1.807) is 0 Å². The van der Waals surface area contributed by atoms with Crippen molar-refractivity contribution in [3.63, 3.8) is 0 Å². The maximum Gasteiger partial charge on any atom is 0.180 e. The fraction of sp³-hybridized carbons (Fsp3) is 0.926. The summed E-state index contributed by atoms with van der Waals surface area (Å²) in [4.78, 5) is 0. The smallest absolute Gasteiger partial charge is 0.180 e. The first-order valence-corrected chi connectivity index (χ1v) is 26.8. The highest BCUT2D eigenvalue weighted by molar-refractivity contribution is 4.90. The van der Waals surface area contributed by atoms with Crippen molar-refractivity contribution in [2.75, 3.05) is 39.6 Å². The summed E-state index contributed by atoms with van der Waals surface area (Å²) in [6, 6.07) is 0. The largest absolute Gasteiger partial charge is 0.353 e. The zero-order valence-electron chi connectivity index (χ0n) is 41.8. The summed E-state index contributed by atoms with van der Waals surface area (Å²) >= 11 is 0. The lowest BCUT2D eigenvalue weighted by atomic mass is 10.1. The molecule has 0 saturated carbocycles. The average molecular weight is 867 g/mol. The molecule has 0 aromatic heterocycles. The minimum absolute atomic E-state index is 0.0284. The second-order valence-corrected chi connectivity index (χ2v) is 17.2. The Labute approximate surface area is 380 Å². The number of hydrogen-bond acceptors (Lipinski definition) is 7. The summed E-state index contributed by atoms with van der Waals surface area (Å²) in [5.74, 6) is 0. The SMILES string of the molecule is CCCCCCCCCCOC(C=CCCCCCCCCCC(OCC)OCC)OC(C=CCCCCCCCCCC(OCC)OCC)OCCCCCCCCCC. The lowest BCUT2D eigenvalue weighted by molar-refractivity contribution is -0.208. The van der Waals surface area contributed by atoms with Crippen molar-refractivity contribution in [3.8, 4) is 0 Å². The van der Waals surface area contributed by atoms with Gasteiger partial charge >= 0.3 is 0 Å². The predicted octanol–water partition coefficient (Wildman–Crippen LogP) is 16.9. The van der Waals surface area contributed by atoms with Crippen molar-refractivity contribution in [1.82, 2.24) is 0 Å². The lowest BCUT2D eigenvalue weighted by Crippen LogP contribution is -2.25. The molecule has 7 nitrogen and oxygen atoms in total. The van der Waals surface area contributed by atoms with E-state index in [4.69, 9.17) is 33.2 Å². The van der Waals surface area contributed by atoms with E-state index < -0.39 is 0 Å². The van der Waals surface area contributed by atoms with Gasteiger partial charge in [-0.25, -0.2) is 0 Å². The molecule has 0 bridgehead atoms. The van der Waals surface area contributed by atoms with Crippen molar-refractivity contribution in [3.05, 3.63) is 24.3 Å². The molecule has 7 heteroatoms. The molecule has 0 aliphatic carbocycles. The molecule has 0 fully saturated rings. The summed E-state index contributed by atoms with van der Waals surface area (Å²) in [6.07, 6.45) is 50.5. The van der Waals surface area contributed by atoms with E-state index in [9.17, 15) is 0 Å². The minimum atomic E-state index is -0.382. The highest BCUT2D eigenvalue weighted by atomic mass is 16.8. The van der Waals surface area contributed by atoms with Crippen LogP contribution in [-0.2, 0) is 33.2 Å². The van der Waals surface area contributed by atoms with Gasteiger partial charge < -0.3 is 33.2 Å². The van der Waals surface area contributed by atoms with Crippen LogP contribution in [0.3, 0.4) is 0 Å². The summed E-state index contributed by atoms with van der Waals surface area (Å²) in [7, 11) is 0. The Bertz CT molecular complexity index is 786. The molecule has 0 aliphatic heterocycles. The van der Waals surface area contributed by atoms with Gasteiger partial charge in [-0.2, -0.15) is 0 Å². The summed E-state index contributed by atoms with van der Waals surface area (Å²) < 4.78 is 42.2. The Hall–Kier alpha value is -0.800. The van der Waals surface area contributed by atoms with E-state index >= 15 is 0 Å². The number of ether oxygens (including phenoxy) is 7. The Balaban J connectivity index is 4.99. The second-order valence-electron chi connectivity index (χ2n) is 17.2. The Morgan fingerprint density at radius 3 is 0.885 bits per heavy atom. The van der Waals surface area contributed by atoms with Crippen LogP contribution in [0.15, 0.2) is 24.3 Å². The van der Waals surface area contributed by atoms with Crippen LogP contribution in [0.25, 0.3) is 0 Å². The van der Waals surface area contributed by atoms with Crippen molar-refractivity contribution in [2.45, 2.75) is 285 Å². The number of rotatable bonds is 52. The van der Waals surface area contributed by atoms with Crippen molar-refractivity contribution in [1.29, 1.82) is 0 Å². The van der Waals surface area contributed by atoms with E-state index in [2.05, 4.69) is 38.2 Å². The predicted molar refractivity (Wildman–Crippen MR) is 261 cm³/mol. The molecule has 0 saturated heterocycles. The van der Waals surface area contributed by atoms with E-state index in [-0.39, 0.29) is 25.2 Å². The molecular weight excluding hydrogens is 761 g/mol. The first kappa shape index (κ1) is 60.2. The number of hydrogen-bond donors (Lipinski definition) is 0. The van der Waals surface area contributed by atoms with Gasteiger partial charge in [0.1, 0.15) is 0 Å². The van der Waals surface area contributed by atoms with Gasteiger partial charge in [-0.05, 0) is 104 Å². The quantitative estimate of drug-likeness (QED) is 0.0343. The van der Waals surface area contributed by atoms with Crippen LogP contribution in [-0.4, -0.2) is 64.8 Å². The molecule has 364 valence electrons. The molecule has 0 spiro atoms. The zero-order chi connectivity index (χ0) is 44.4. The Kier molecular flexibility index (Phi) is 51.2. The van der Waals surface area contributed by atoms with Crippen LogP contribution in [0.2, 0.25) is 0 Å². The van der Waals surface area contributed by atoms with Gasteiger partial charge in [0.2, 0.25) is 0 Å². The molecule has 0 heterocycles. The third kappa shape index (κ3) is 45.6. The first-order valence-electron chi connectivity index (χ1n) is 26.8. The third-order valence-electron chi connectivity index (χ3n) is 11.4. The van der Waals surface area contributed by atoms with Gasteiger partial charge in [0.25, 0.3) is 0 Å². The summed E-state index contributed by atoms with van der Waals surface area (Å²) in [5, 5.41) is 0. The fourth-order valence-corrected chi connectivity index (χ4v) is 7.79. The van der Waals surface area contributed by atoms with Gasteiger partial charge in [-0.15, -0.1) is 0 Å². The molecule has 0 amide bonds. The number of unbranched alkanes of at least 4 members (excludes halogenated alkanes) is 28. The maximum absolute atomic E-state index is 6.60. The zero-order valence-corrected chi connectivity index (χ0v) is 41.8. The third-order valence-corrected chi connectivity index (χ3v) is 11.4. The topological polar surface area (TPSA) is 64.6 Å². The van der Waals surface area contributed by atoms with Crippen LogP contribution in [0.5, 0.6) is 0 Å². The monoisotopic (exact) mass is 867 g/mol. The molecule has 2 unspecified atom stereocenters. The van der Waals surface area contributed by atoms with Crippen LogP contribution in [0.1, 0.15) is 260 Å². The highest BCUT2D eigenvalue weighted by Crippen LogP contribution is 2.17. The highest BCUT2D eigenvalue weighted by Gasteiger charge is 2.14. The average Bonchev–Trinajstić information content (AvgIpc) is 3.26. The van der Waals surface area contributed by atoms with Crippen molar-refractivity contribution >= 4 is 0 Å². The molecule has 0 N–H and O–H groups in total. The molecule has 61 heavy (non-hydrogen) atoms. The molecular formula is C54H106O7. The van der Waals surface area contributed by atoms with Crippen LogP contribution < -0.4 is 0 Å². The van der Waals surface area contributed by atoms with Gasteiger partial charge in [0.05, 0.1) is 13.2 Å². The second kappa shape index (κ2) is 51.8. The molecule has 0 radical (unpaired) electrons. The molecule has 0 aromatic rings. The molecule has 0 rings (SSSR count). The van der Waals surface area contributed by atoms with E-state index in [1.807, 2.05) is 27.7 Å². The summed E-state index contributed by atoms with van der Waals surface area (Å²) in [5.41, 5.74) is 0. The van der Waals surface area contributed by atoms with Crippen molar-refractivity contribution in [2.24, 2.45) is 0 Å².